The number of hydrogen-bond acceptors (Lipinski definition) is 5. The number of amides is 1. The molecule has 144 valence electrons. The van der Waals surface area contributed by atoms with Crippen LogP contribution in [0.4, 0.5) is 0 Å². The summed E-state index contributed by atoms with van der Waals surface area (Å²) in [7, 11) is 4.89. The van der Waals surface area contributed by atoms with Gasteiger partial charge in [0.05, 0.1) is 27.2 Å². The minimum Gasteiger partial charge on any atom is -0.493 e. The lowest BCUT2D eigenvalue weighted by molar-refractivity contribution is -0.136. The van der Waals surface area contributed by atoms with Crippen molar-refractivity contribution in [3.8, 4) is 17.2 Å². The van der Waals surface area contributed by atoms with Crippen LogP contribution in [0.2, 0.25) is 0 Å². The molecular weight excluding hydrogens is 332 g/mol. The fourth-order valence-corrected chi connectivity index (χ4v) is 4.13. The topological polar surface area (TPSA) is 51.2 Å². The minimum absolute atomic E-state index is 0.119. The maximum Gasteiger partial charge on any atom is 0.226 e. The standard InChI is InChI=1S/C20H30N2O4/c1-24-17-9-8-15(18(25-2)19(17)26-3)13-21-10-6-7-16(14-21)20(23)22-11-4-5-12-22/h8-9,16H,4-7,10-14H2,1-3H3/t16-/m1/s1. The molecule has 0 saturated carbocycles. The van der Waals surface area contributed by atoms with Crippen molar-refractivity contribution in [2.24, 2.45) is 5.92 Å². The highest BCUT2D eigenvalue weighted by atomic mass is 16.5. The number of hydrogen-bond donors (Lipinski definition) is 0. The normalized spacial score (nSPS) is 20.9. The van der Waals surface area contributed by atoms with Crippen molar-refractivity contribution in [1.29, 1.82) is 0 Å². The van der Waals surface area contributed by atoms with Gasteiger partial charge in [0.1, 0.15) is 0 Å². The zero-order chi connectivity index (χ0) is 18.5. The van der Waals surface area contributed by atoms with Gasteiger partial charge in [-0.2, -0.15) is 0 Å². The van der Waals surface area contributed by atoms with Crippen molar-refractivity contribution < 1.29 is 19.0 Å². The second-order valence-electron chi connectivity index (χ2n) is 7.10. The Balaban J connectivity index is 1.71. The highest BCUT2D eigenvalue weighted by molar-refractivity contribution is 5.79. The van der Waals surface area contributed by atoms with E-state index in [1.807, 2.05) is 17.0 Å². The molecule has 2 aliphatic rings. The lowest BCUT2D eigenvalue weighted by atomic mass is 9.96. The molecule has 0 bridgehead atoms. The number of carbonyl (C=O) groups is 1. The molecule has 0 N–H and O–H groups in total. The summed E-state index contributed by atoms with van der Waals surface area (Å²) in [5, 5.41) is 0. The number of piperidine rings is 1. The van der Waals surface area contributed by atoms with Crippen LogP contribution < -0.4 is 14.2 Å². The van der Waals surface area contributed by atoms with Crippen molar-refractivity contribution in [1.82, 2.24) is 9.80 Å². The van der Waals surface area contributed by atoms with E-state index in [2.05, 4.69) is 4.90 Å². The first-order valence-corrected chi connectivity index (χ1v) is 9.47. The van der Waals surface area contributed by atoms with Gasteiger partial charge in [0.25, 0.3) is 0 Å². The van der Waals surface area contributed by atoms with Crippen LogP contribution in [0.5, 0.6) is 17.2 Å². The van der Waals surface area contributed by atoms with E-state index in [9.17, 15) is 4.79 Å². The molecule has 26 heavy (non-hydrogen) atoms. The van der Waals surface area contributed by atoms with Gasteiger partial charge in [0.2, 0.25) is 11.7 Å². The molecule has 0 aliphatic carbocycles. The quantitative estimate of drug-likeness (QED) is 0.778. The Morgan fingerprint density at radius 3 is 2.38 bits per heavy atom. The summed E-state index contributed by atoms with van der Waals surface area (Å²) >= 11 is 0. The van der Waals surface area contributed by atoms with Gasteiger partial charge in [-0.3, -0.25) is 9.69 Å². The highest BCUT2D eigenvalue weighted by Crippen LogP contribution is 2.40. The molecule has 1 amide bonds. The number of carbonyl (C=O) groups excluding carboxylic acids is 1. The average Bonchev–Trinajstić information content (AvgIpc) is 3.21. The summed E-state index contributed by atoms with van der Waals surface area (Å²) in [6, 6.07) is 3.93. The maximum atomic E-state index is 12.7. The number of nitrogens with zero attached hydrogens (tertiary/aromatic N) is 2. The molecule has 6 nitrogen and oxygen atoms in total. The van der Waals surface area contributed by atoms with E-state index >= 15 is 0 Å². The average molecular weight is 362 g/mol. The van der Waals surface area contributed by atoms with Gasteiger partial charge in [0, 0.05) is 31.7 Å². The van der Waals surface area contributed by atoms with Gasteiger partial charge in [-0.15, -0.1) is 0 Å². The molecule has 2 saturated heterocycles. The Kier molecular flexibility index (Phi) is 6.25. The van der Waals surface area contributed by atoms with Crippen LogP contribution in [0.15, 0.2) is 12.1 Å². The first-order chi connectivity index (χ1) is 12.7. The van der Waals surface area contributed by atoms with Crippen molar-refractivity contribution in [2.45, 2.75) is 32.2 Å². The van der Waals surface area contributed by atoms with Crippen LogP contribution in [-0.4, -0.2) is 63.2 Å². The Morgan fingerprint density at radius 1 is 1.00 bits per heavy atom. The molecule has 0 spiro atoms. The molecule has 0 aromatic heterocycles. The van der Waals surface area contributed by atoms with E-state index < -0.39 is 0 Å². The third kappa shape index (κ3) is 3.90. The zero-order valence-electron chi connectivity index (χ0n) is 16.1. The molecule has 3 rings (SSSR count). The molecule has 6 heteroatoms. The Morgan fingerprint density at radius 2 is 1.73 bits per heavy atom. The predicted molar refractivity (Wildman–Crippen MR) is 99.9 cm³/mol. The number of likely N-dealkylation sites (tertiary alicyclic amines) is 2. The van der Waals surface area contributed by atoms with E-state index in [0.29, 0.717) is 23.2 Å². The minimum atomic E-state index is 0.119. The molecule has 1 atom stereocenters. The van der Waals surface area contributed by atoms with E-state index in [0.717, 1.165) is 64.0 Å². The van der Waals surface area contributed by atoms with Gasteiger partial charge in [-0.05, 0) is 38.3 Å². The molecule has 0 unspecified atom stereocenters. The Bertz CT molecular complexity index is 628. The summed E-state index contributed by atoms with van der Waals surface area (Å²) in [5.74, 6) is 2.45. The van der Waals surface area contributed by atoms with Gasteiger partial charge in [-0.25, -0.2) is 0 Å². The number of rotatable bonds is 6. The van der Waals surface area contributed by atoms with Crippen molar-refractivity contribution in [2.75, 3.05) is 47.5 Å². The molecule has 1 aromatic carbocycles. The predicted octanol–water partition coefficient (Wildman–Crippen LogP) is 2.55. The monoisotopic (exact) mass is 362 g/mol. The fourth-order valence-electron chi connectivity index (χ4n) is 4.13. The first kappa shape index (κ1) is 18.8. The van der Waals surface area contributed by atoms with Gasteiger partial charge in [0.15, 0.2) is 11.5 Å². The van der Waals surface area contributed by atoms with Crippen molar-refractivity contribution in [3.63, 3.8) is 0 Å². The third-order valence-corrected chi connectivity index (χ3v) is 5.45. The van der Waals surface area contributed by atoms with Crippen LogP contribution in [0.25, 0.3) is 0 Å². The fraction of sp³-hybridized carbons (Fsp3) is 0.650. The Labute approximate surface area is 156 Å². The van der Waals surface area contributed by atoms with Crippen LogP contribution in [0.3, 0.4) is 0 Å². The second kappa shape index (κ2) is 8.62. The second-order valence-corrected chi connectivity index (χ2v) is 7.10. The number of benzene rings is 1. The maximum absolute atomic E-state index is 12.7. The smallest absolute Gasteiger partial charge is 0.226 e. The lowest BCUT2D eigenvalue weighted by Crippen LogP contribution is -2.43. The zero-order valence-corrected chi connectivity index (χ0v) is 16.1. The van der Waals surface area contributed by atoms with E-state index in [-0.39, 0.29) is 5.92 Å². The summed E-state index contributed by atoms with van der Waals surface area (Å²) in [5.41, 5.74) is 1.06. The summed E-state index contributed by atoms with van der Waals surface area (Å²) in [4.78, 5) is 17.1. The van der Waals surface area contributed by atoms with Gasteiger partial charge < -0.3 is 19.1 Å². The molecule has 2 fully saturated rings. The van der Waals surface area contributed by atoms with E-state index in [1.165, 1.54) is 0 Å². The van der Waals surface area contributed by atoms with Crippen LogP contribution in [-0.2, 0) is 11.3 Å². The lowest BCUT2D eigenvalue weighted by Gasteiger charge is -2.34. The summed E-state index contributed by atoms with van der Waals surface area (Å²) < 4.78 is 16.4. The van der Waals surface area contributed by atoms with Crippen molar-refractivity contribution in [3.05, 3.63) is 17.7 Å². The Hall–Kier alpha value is -1.95. The first-order valence-electron chi connectivity index (χ1n) is 9.47. The number of ether oxygens (including phenoxy) is 3. The molecular formula is C20H30N2O4. The molecule has 2 heterocycles. The SMILES string of the molecule is COc1ccc(CN2CCC[C@@H](C(=O)N3CCCC3)C2)c(OC)c1OC. The summed E-state index contributed by atoms with van der Waals surface area (Å²) in [6.07, 6.45) is 4.34. The van der Waals surface area contributed by atoms with E-state index in [4.69, 9.17) is 14.2 Å². The number of methoxy groups -OCH3 is 3. The molecule has 0 radical (unpaired) electrons. The largest absolute Gasteiger partial charge is 0.493 e. The van der Waals surface area contributed by atoms with Crippen LogP contribution in [0, 0.1) is 5.92 Å². The van der Waals surface area contributed by atoms with E-state index in [1.54, 1.807) is 21.3 Å². The third-order valence-electron chi connectivity index (χ3n) is 5.45. The van der Waals surface area contributed by atoms with Crippen LogP contribution >= 0.6 is 0 Å². The van der Waals surface area contributed by atoms with Gasteiger partial charge >= 0.3 is 0 Å². The van der Waals surface area contributed by atoms with Crippen LogP contribution in [0.1, 0.15) is 31.2 Å². The van der Waals surface area contributed by atoms with Gasteiger partial charge in [-0.1, -0.05) is 6.07 Å². The van der Waals surface area contributed by atoms with Crippen molar-refractivity contribution >= 4 is 5.91 Å². The molecule has 2 aliphatic heterocycles. The highest BCUT2D eigenvalue weighted by Gasteiger charge is 2.31. The molecule has 1 aromatic rings. The summed E-state index contributed by atoms with van der Waals surface area (Å²) in [6.45, 7) is 4.42.